The van der Waals surface area contributed by atoms with Crippen LogP contribution in [-0.2, 0) is 6.42 Å². The van der Waals surface area contributed by atoms with Gasteiger partial charge in [-0.1, -0.05) is 6.07 Å². The second-order valence-corrected chi connectivity index (χ2v) is 4.55. The third-order valence-corrected chi connectivity index (χ3v) is 3.20. The number of carboxylic acids is 1. The summed E-state index contributed by atoms with van der Waals surface area (Å²) < 4.78 is 13.4. The summed E-state index contributed by atoms with van der Waals surface area (Å²) in [4.78, 5) is 15.1. The SMILES string of the molecule is O=C(O)c1c(F)cccc1NCCc1nccs1. The summed E-state index contributed by atoms with van der Waals surface area (Å²) in [7, 11) is 0. The van der Waals surface area contributed by atoms with E-state index < -0.39 is 11.8 Å². The number of hydrogen-bond acceptors (Lipinski definition) is 4. The van der Waals surface area contributed by atoms with E-state index in [0.717, 1.165) is 11.1 Å². The van der Waals surface area contributed by atoms with Gasteiger partial charge in [0.25, 0.3) is 0 Å². The summed E-state index contributed by atoms with van der Waals surface area (Å²) in [5.74, 6) is -2.01. The van der Waals surface area contributed by atoms with Crippen molar-refractivity contribution in [2.45, 2.75) is 6.42 Å². The average Bonchev–Trinajstić information content (AvgIpc) is 2.81. The van der Waals surface area contributed by atoms with Crippen LogP contribution < -0.4 is 5.32 Å². The number of aromatic nitrogens is 1. The summed E-state index contributed by atoms with van der Waals surface area (Å²) in [6.45, 7) is 0.511. The number of benzene rings is 1. The Labute approximate surface area is 107 Å². The van der Waals surface area contributed by atoms with Gasteiger partial charge in [0.2, 0.25) is 0 Å². The summed E-state index contributed by atoms with van der Waals surface area (Å²) >= 11 is 1.53. The van der Waals surface area contributed by atoms with Crippen LogP contribution in [0.1, 0.15) is 15.4 Å². The van der Waals surface area contributed by atoms with Crippen LogP contribution in [0.4, 0.5) is 10.1 Å². The maximum Gasteiger partial charge on any atom is 0.340 e. The van der Waals surface area contributed by atoms with Crippen LogP contribution in [0.5, 0.6) is 0 Å². The average molecular weight is 266 g/mol. The second-order valence-electron chi connectivity index (χ2n) is 3.57. The van der Waals surface area contributed by atoms with E-state index in [-0.39, 0.29) is 5.56 Å². The van der Waals surface area contributed by atoms with Gasteiger partial charge >= 0.3 is 5.97 Å². The largest absolute Gasteiger partial charge is 0.478 e. The molecule has 2 rings (SSSR count). The van der Waals surface area contributed by atoms with Crippen LogP contribution >= 0.6 is 11.3 Å². The van der Waals surface area contributed by atoms with Crippen molar-refractivity contribution in [3.63, 3.8) is 0 Å². The lowest BCUT2D eigenvalue weighted by Gasteiger charge is -2.09. The minimum atomic E-state index is -1.27. The molecule has 0 amide bonds. The van der Waals surface area contributed by atoms with Gasteiger partial charge in [-0.2, -0.15) is 0 Å². The van der Waals surface area contributed by atoms with Crippen LogP contribution in [0.25, 0.3) is 0 Å². The molecule has 0 aliphatic carbocycles. The van der Waals surface area contributed by atoms with Crippen LogP contribution in [0.3, 0.4) is 0 Å². The van der Waals surface area contributed by atoms with Gasteiger partial charge in [-0.15, -0.1) is 11.3 Å². The van der Waals surface area contributed by atoms with Gasteiger partial charge in [0.1, 0.15) is 11.4 Å². The molecule has 0 spiro atoms. The maximum absolute atomic E-state index is 13.4. The molecule has 1 aromatic carbocycles. The van der Waals surface area contributed by atoms with Crippen molar-refractivity contribution in [3.05, 3.63) is 46.2 Å². The smallest absolute Gasteiger partial charge is 0.340 e. The van der Waals surface area contributed by atoms with Crippen molar-refractivity contribution >= 4 is 23.0 Å². The molecular weight excluding hydrogens is 255 g/mol. The molecule has 0 fully saturated rings. The Bertz CT molecular complexity index is 543. The Morgan fingerprint density at radius 3 is 3.00 bits per heavy atom. The first-order chi connectivity index (χ1) is 8.68. The summed E-state index contributed by atoms with van der Waals surface area (Å²) in [6, 6.07) is 4.16. The highest BCUT2D eigenvalue weighted by Crippen LogP contribution is 2.19. The number of carbonyl (C=O) groups is 1. The number of thiazole rings is 1. The predicted octanol–water partition coefficient (Wildman–Crippen LogP) is 2.64. The van der Waals surface area contributed by atoms with Gasteiger partial charge in [-0.05, 0) is 12.1 Å². The normalized spacial score (nSPS) is 10.3. The van der Waals surface area contributed by atoms with Crippen LogP contribution in [0.15, 0.2) is 29.8 Å². The summed E-state index contributed by atoms with van der Waals surface area (Å²) in [6.07, 6.45) is 2.39. The number of aromatic carboxylic acids is 1. The third kappa shape index (κ3) is 2.84. The van der Waals surface area contributed by atoms with Crippen molar-refractivity contribution in [1.82, 2.24) is 4.98 Å². The van der Waals surface area contributed by atoms with Gasteiger partial charge in [0.05, 0.1) is 10.7 Å². The molecule has 1 heterocycles. The number of rotatable bonds is 5. The van der Waals surface area contributed by atoms with Gasteiger partial charge in [-0.3, -0.25) is 0 Å². The highest BCUT2D eigenvalue weighted by atomic mass is 32.1. The molecule has 0 saturated carbocycles. The Morgan fingerprint density at radius 1 is 1.50 bits per heavy atom. The Balaban J connectivity index is 2.05. The molecule has 4 nitrogen and oxygen atoms in total. The van der Waals surface area contributed by atoms with Crippen molar-refractivity contribution in [2.75, 3.05) is 11.9 Å². The van der Waals surface area contributed by atoms with Crippen LogP contribution in [0.2, 0.25) is 0 Å². The molecule has 6 heteroatoms. The Kier molecular flexibility index (Phi) is 3.88. The topological polar surface area (TPSA) is 62.2 Å². The molecule has 18 heavy (non-hydrogen) atoms. The Morgan fingerprint density at radius 2 is 2.33 bits per heavy atom. The van der Waals surface area contributed by atoms with Crippen molar-refractivity contribution < 1.29 is 14.3 Å². The van der Waals surface area contributed by atoms with Gasteiger partial charge in [0, 0.05) is 24.5 Å². The van der Waals surface area contributed by atoms with Gasteiger partial charge in [0.15, 0.2) is 0 Å². The number of halogens is 1. The molecule has 94 valence electrons. The van der Waals surface area contributed by atoms with E-state index >= 15 is 0 Å². The molecule has 1 aromatic heterocycles. The number of nitrogens with one attached hydrogen (secondary N) is 1. The fraction of sp³-hybridized carbons (Fsp3) is 0.167. The molecule has 0 unspecified atom stereocenters. The van der Waals surface area contributed by atoms with Crippen molar-refractivity contribution in [1.29, 1.82) is 0 Å². The first-order valence-electron chi connectivity index (χ1n) is 5.32. The van der Waals surface area contributed by atoms with Crippen LogP contribution in [-0.4, -0.2) is 22.6 Å². The second kappa shape index (κ2) is 5.59. The van der Waals surface area contributed by atoms with E-state index in [0.29, 0.717) is 18.7 Å². The third-order valence-electron chi connectivity index (χ3n) is 2.37. The van der Waals surface area contributed by atoms with Crippen molar-refractivity contribution in [3.8, 4) is 0 Å². The number of anilines is 1. The number of nitrogens with zero attached hydrogens (tertiary/aromatic N) is 1. The summed E-state index contributed by atoms with van der Waals surface area (Å²) in [5.41, 5.74) is -0.0318. The molecule has 0 aliphatic rings. The predicted molar refractivity (Wildman–Crippen MR) is 67.7 cm³/mol. The van der Waals surface area contributed by atoms with Crippen molar-refractivity contribution in [2.24, 2.45) is 0 Å². The lowest BCUT2D eigenvalue weighted by molar-refractivity contribution is 0.0693. The molecule has 0 atom stereocenters. The molecule has 2 N–H and O–H groups in total. The van der Waals surface area contributed by atoms with Crippen LogP contribution in [0, 0.1) is 5.82 Å². The highest BCUT2D eigenvalue weighted by molar-refractivity contribution is 7.09. The lowest BCUT2D eigenvalue weighted by Crippen LogP contribution is -2.11. The lowest BCUT2D eigenvalue weighted by atomic mass is 10.1. The summed E-state index contributed by atoms with van der Waals surface area (Å²) in [5, 5.41) is 14.7. The van der Waals surface area contributed by atoms with E-state index in [1.807, 2.05) is 5.38 Å². The zero-order valence-corrected chi connectivity index (χ0v) is 10.2. The standard InChI is InChI=1S/C12H11FN2O2S/c13-8-2-1-3-9(11(8)12(16)17)14-5-4-10-15-6-7-18-10/h1-3,6-7,14H,4-5H2,(H,16,17). The van der Waals surface area contributed by atoms with E-state index in [2.05, 4.69) is 10.3 Å². The molecule has 2 aromatic rings. The first kappa shape index (κ1) is 12.5. The van der Waals surface area contributed by atoms with E-state index in [1.54, 1.807) is 12.3 Å². The zero-order valence-electron chi connectivity index (χ0n) is 9.39. The maximum atomic E-state index is 13.4. The van der Waals surface area contributed by atoms with E-state index in [9.17, 15) is 9.18 Å². The van der Waals surface area contributed by atoms with Gasteiger partial charge < -0.3 is 10.4 Å². The molecule has 0 radical (unpaired) electrons. The number of hydrogen-bond donors (Lipinski definition) is 2. The fourth-order valence-electron chi connectivity index (χ4n) is 1.57. The fourth-order valence-corrected chi connectivity index (χ4v) is 2.19. The highest BCUT2D eigenvalue weighted by Gasteiger charge is 2.15. The van der Waals surface area contributed by atoms with E-state index in [4.69, 9.17) is 5.11 Å². The molecule has 0 bridgehead atoms. The zero-order chi connectivity index (χ0) is 13.0. The number of carboxylic acid groups (broad SMARTS) is 1. The Hall–Kier alpha value is -1.95. The quantitative estimate of drug-likeness (QED) is 0.873. The molecular formula is C12H11FN2O2S. The first-order valence-corrected chi connectivity index (χ1v) is 6.20. The van der Waals surface area contributed by atoms with Gasteiger partial charge in [-0.25, -0.2) is 14.2 Å². The molecule has 0 saturated heterocycles. The van der Waals surface area contributed by atoms with E-state index in [1.165, 1.54) is 17.4 Å². The minimum absolute atomic E-state index is 0.291. The molecule has 0 aliphatic heterocycles. The minimum Gasteiger partial charge on any atom is -0.478 e. The monoisotopic (exact) mass is 266 g/mol.